The SMILES string of the molecule is CC(C)CC(=O)NC(C#N)c1cccnc1. The Balaban J connectivity index is 2.64. The van der Waals surface area contributed by atoms with Gasteiger partial charge in [0.15, 0.2) is 0 Å². The van der Waals surface area contributed by atoms with E-state index in [1.807, 2.05) is 13.8 Å². The van der Waals surface area contributed by atoms with Gasteiger partial charge in [-0.1, -0.05) is 19.9 Å². The summed E-state index contributed by atoms with van der Waals surface area (Å²) in [7, 11) is 0. The van der Waals surface area contributed by atoms with Gasteiger partial charge in [-0.05, 0) is 12.0 Å². The first kappa shape index (κ1) is 12.2. The molecule has 0 aliphatic rings. The summed E-state index contributed by atoms with van der Waals surface area (Å²) >= 11 is 0. The van der Waals surface area contributed by atoms with Crippen molar-refractivity contribution >= 4 is 5.91 Å². The second kappa shape index (κ2) is 5.86. The van der Waals surface area contributed by atoms with Crippen molar-refractivity contribution in [1.29, 1.82) is 5.26 Å². The predicted molar refractivity (Wildman–Crippen MR) is 60.2 cm³/mol. The fraction of sp³-hybridized carbons (Fsp3) is 0.417. The molecule has 1 aromatic heterocycles. The second-order valence-electron chi connectivity index (χ2n) is 4.01. The van der Waals surface area contributed by atoms with Crippen molar-refractivity contribution in [2.75, 3.05) is 0 Å². The van der Waals surface area contributed by atoms with Crippen LogP contribution in [0.15, 0.2) is 24.5 Å². The molecule has 1 N–H and O–H groups in total. The molecular formula is C12H15N3O. The zero-order chi connectivity index (χ0) is 12.0. The third-order valence-corrected chi connectivity index (χ3v) is 2.05. The quantitative estimate of drug-likeness (QED) is 0.836. The molecule has 0 radical (unpaired) electrons. The van der Waals surface area contributed by atoms with E-state index in [0.29, 0.717) is 12.0 Å². The molecule has 0 saturated carbocycles. The molecule has 1 aromatic rings. The lowest BCUT2D eigenvalue weighted by Gasteiger charge is -2.12. The van der Waals surface area contributed by atoms with E-state index in [-0.39, 0.29) is 11.8 Å². The van der Waals surface area contributed by atoms with Crippen LogP contribution < -0.4 is 5.32 Å². The van der Waals surface area contributed by atoms with Gasteiger partial charge < -0.3 is 5.32 Å². The molecule has 1 amide bonds. The Morgan fingerprint density at radius 1 is 1.62 bits per heavy atom. The molecule has 0 bridgehead atoms. The number of hydrogen-bond donors (Lipinski definition) is 1. The summed E-state index contributed by atoms with van der Waals surface area (Å²) < 4.78 is 0. The lowest BCUT2D eigenvalue weighted by molar-refractivity contribution is -0.122. The van der Waals surface area contributed by atoms with Crippen molar-refractivity contribution in [2.45, 2.75) is 26.3 Å². The van der Waals surface area contributed by atoms with Gasteiger partial charge in [0.2, 0.25) is 5.91 Å². The minimum Gasteiger partial charge on any atom is -0.337 e. The third-order valence-electron chi connectivity index (χ3n) is 2.05. The van der Waals surface area contributed by atoms with Gasteiger partial charge in [0.1, 0.15) is 6.04 Å². The summed E-state index contributed by atoms with van der Waals surface area (Å²) in [6.07, 6.45) is 3.65. The van der Waals surface area contributed by atoms with Crippen molar-refractivity contribution in [3.05, 3.63) is 30.1 Å². The fourth-order valence-electron chi connectivity index (χ4n) is 1.33. The van der Waals surface area contributed by atoms with Crippen LogP contribution in [0.5, 0.6) is 0 Å². The van der Waals surface area contributed by atoms with Crippen molar-refractivity contribution < 1.29 is 4.79 Å². The minimum absolute atomic E-state index is 0.106. The molecule has 0 saturated heterocycles. The number of amides is 1. The first-order chi connectivity index (χ1) is 7.63. The van der Waals surface area contributed by atoms with E-state index in [1.165, 1.54) is 0 Å². The lowest BCUT2D eigenvalue weighted by Crippen LogP contribution is -2.28. The lowest BCUT2D eigenvalue weighted by atomic mass is 10.1. The number of pyridine rings is 1. The Kier molecular flexibility index (Phi) is 4.46. The second-order valence-corrected chi connectivity index (χ2v) is 4.01. The van der Waals surface area contributed by atoms with E-state index in [4.69, 9.17) is 5.26 Å². The highest BCUT2D eigenvalue weighted by Crippen LogP contribution is 2.10. The highest BCUT2D eigenvalue weighted by molar-refractivity contribution is 5.77. The van der Waals surface area contributed by atoms with Crippen LogP contribution in [0.25, 0.3) is 0 Å². The van der Waals surface area contributed by atoms with Crippen LogP contribution in [-0.4, -0.2) is 10.9 Å². The Labute approximate surface area is 95.3 Å². The third kappa shape index (κ3) is 3.70. The van der Waals surface area contributed by atoms with Crippen LogP contribution in [0, 0.1) is 17.2 Å². The number of rotatable bonds is 4. The molecule has 0 spiro atoms. The first-order valence-corrected chi connectivity index (χ1v) is 5.22. The smallest absolute Gasteiger partial charge is 0.221 e. The maximum Gasteiger partial charge on any atom is 0.221 e. The summed E-state index contributed by atoms with van der Waals surface area (Å²) in [5, 5.41) is 11.6. The van der Waals surface area contributed by atoms with Crippen LogP contribution >= 0.6 is 0 Å². The maximum absolute atomic E-state index is 11.5. The average Bonchev–Trinajstić information content (AvgIpc) is 2.26. The molecular weight excluding hydrogens is 202 g/mol. The molecule has 0 aliphatic carbocycles. The fourth-order valence-corrected chi connectivity index (χ4v) is 1.33. The zero-order valence-corrected chi connectivity index (χ0v) is 9.47. The van der Waals surface area contributed by atoms with Gasteiger partial charge in [0.05, 0.1) is 6.07 Å². The molecule has 0 aromatic carbocycles. The van der Waals surface area contributed by atoms with E-state index in [0.717, 1.165) is 0 Å². The van der Waals surface area contributed by atoms with E-state index >= 15 is 0 Å². The largest absolute Gasteiger partial charge is 0.337 e. The highest BCUT2D eigenvalue weighted by atomic mass is 16.1. The van der Waals surface area contributed by atoms with Crippen LogP contribution in [0.3, 0.4) is 0 Å². The topological polar surface area (TPSA) is 65.8 Å². The molecule has 1 heterocycles. The summed E-state index contributed by atoms with van der Waals surface area (Å²) in [4.78, 5) is 15.4. The molecule has 4 heteroatoms. The van der Waals surface area contributed by atoms with Crippen molar-refractivity contribution in [2.24, 2.45) is 5.92 Å². The van der Waals surface area contributed by atoms with Crippen molar-refractivity contribution in [1.82, 2.24) is 10.3 Å². The van der Waals surface area contributed by atoms with Gasteiger partial charge in [-0.15, -0.1) is 0 Å². The van der Waals surface area contributed by atoms with Crippen molar-refractivity contribution in [3.8, 4) is 6.07 Å². The van der Waals surface area contributed by atoms with E-state index in [1.54, 1.807) is 24.5 Å². The van der Waals surface area contributed by atoms with Gasteiger partial charge >= 0.3 is 0 Å². The normalized spacial score (nSPS) is 11.9. The Hall–Kier alpha value is -1.89. The molecule has 1 atom stereocenters. The number of nitriles is 1. The molecule has 1 rings (SSSR count). The van der Waals surface area contributed by atoms with Gasteiger partial charge in [0, 0.05) is 24.4 Å². The molecule has 4 nitrogen and oxygen atoms in total. The van der Waals surface area contributed by atoms with Crippen LogP contribution in [0.4, 0.5) is 0 Å². The number of carbonyl (C=O) groups excluding carboxylic acids is 1. The summed E-state index contributed by atoms with van der Waals surface area (Å²) in [5.74, 6) is 0.179. The van der Waals surface area contributed by atoms with E-state index in [2.05, 4.69) is 16.4 Å². The summed E-state index contributed by atoms with van der Waals surface area (Å²) in [6, 6.07) is 4.96. The van der Waals surface area contributed by atoms with Crippen LogP contribution in [0.2, 0.25) is 0 Å². The first-order valence-electron chi connectivity index (χ1n) is 5.22. The maximum atomic E-state index is 11.5. The van der Waals surface area contributed by atoms with Gasteiger partial charge in [-0.25, -0.2) is 0 Å². The molecule has 1 unspecified atom stereocenters. The summed E-state index contributed by atoms with van der Waals surface area (Å²) in [6.45, 7) is 3.93. The molecule has 0 fully saturated rings. The van der Waals surface area contributed by atoms with E-state index in [9.17, 15) is 4.79 Å². The molecule has 0 aliphatic heterocycles. The zero-order valence-electron chi connectivity index (χ0n) is 9.47. The number of nitrogens with one attached hydrogen (secondary N) is 1. The minimum atomic E-state index is -0.611. The van der Waals surface area contributed by atoms with E-state index < -0.39 is 6.04 Å². The monoisotopic (exact) mass is 217 g/mol. The Morgan fingerprint density at radius 3 is 2.88 bits per heavy atom. The highest BCUT2D eigenvalue weighted by Gasteiger charge is 2.14. The standard InChI is InChI=1S/C12H15N3O/c1-9(2)6-12(16)15-11(7-13)10-4-3-5-14-8-10/h3-5,8-9,11H,6H2,1-2H3,(H,15,16). The molecule has 16 heavy (non-hydrogen) atoms. The van der Waals surface area contributed by atoms with Crippen molar-refractivity contribution in [3.63, 3.8) is 0 Å². The summed E-state index contributed by atoms with van der Waals surface area (Å²) in [5.41, 5.74) is 0.710. The molecule has 84 valence electrons. The van der Waals surface area contributed by atoms with Gasteiger partial charge in [-0.2, -0.15) is 5.26 Å². The Bertz CT molecular complexity index is 381. The van der Waals surface area contributed by atoms with Gasteiger partial charge in [0.25, 0.3) is 0 Å². The van der Waals surface area contributed by atoms with Gasteiger partial charge in [-0.3, -0.25) is 9.78 Å². The number of aromatic nitrogens is 1. The number of hydrogen-bond acceptors (Lipinski definition) is 3. The predicted octanol–water partition coefficient (Wildman–Crippen LogP) is 1.81. The van der Waals surface area contributed by atoms with Crippen LogP contribution in [-0.2, 0) is 4.79 Å². The average molecular weight is 217 g/mol. The van der Waals surface area contributed by atoms with Crippen LogP contribution in [0.1, 0.15) is 31.9 Å². The Morgan fingerprint density at radius 2 is 2.38 bits per heavy atom. The number of carbonyl (C=O) groups is 1. The number of nitrogens with zero attached hydrogens (tertiary/aromatic N) is 2.